The number of rotatable bonds is 5. The number of nitrogens with zero attached hydrogens (tertiary/aromatic N) is 3. The van der Waals surface area contributed by atoms with Gasteiger partial charge in [0.2, 0.25) is 0 Å². The monoisotopic (exact) mass is 424 g/mol. The van der Waals surface area contributed by atoms with Crippen LogP contribution in [0.4, 0.5) is 17.3 Å². The quantitative estimate of drug-likeness (QED) is 0.551. The third-order valence-electron chi connectivity index (χ3n) is 4.69. The number of halogens is 1. The molecule has 156 valence electrons. The standard InChI is InChI=1S/C22H25ClN6O/c1-13(28-21(30)19-18(23)20(24)27-12-26-19)14-5-10-17(25-11-14)29-16-8-6-15(7-9-16)22(2,3)4/h5-13H,1-4H3,(H,25,29)(H,28,30)(H2,24,26,27). The third-order valence-corrected chi connectivity index (χ3v) is 5.06. The number of hydrogen-bond acceptors (Lipinski definition) is 6. The third kappa shape index (κ3) is 5.04. The number of carbonyl (C=O) groups excluding carboxylic acids is 1. The van der Waals surface area contributed by atoms with E-state index in [1.54, 1.807) is 6.20 Å². The van der Waals surface area contributed by atoms with Gasteiger partial charge in [0.15, 0.2) is 5.69 Å². The molecule has 0 spiro atoms. The second kappa shape index (κ2) is 8.67. The molecule has 2 heterocycles. The molecule has 0 radical (unpaired) electrons. The van der Waals surface area contributed by atoms with Crippen molar-refractivity contribution < 1.29 is 4.79 Å². The first-order valence-corrected chi connectivity index (χ1v) is 9.93. The number of nitrogen functional groups attached to an aromatic ring is 1. The molecule has 4 N–H and O–H groups in total. The molecular formula is C22H25ClN6O. The maximum Gasteiger partial charge on any atom is 0.272 e. The predicted molar refractivity (Wildman–Crippen MR) is 120 cm³/mol. The van der Waals surface area contributed by atoms with Gasteiger partial charge in [0.1, 0.15) is 23.0 Å². The fourth-order valence-electron chi connectivity index (χ4n) is 2.83. The molecule has 3 aromatic rings. The molecule has 0 aliphatic heterocycles. The Balaban J connectivity index is 1.65. The summed E-state index contributed by atoms with van der Waals surface area (Å²) in [4.78, 5) is 24.5. The highest BCUT2D eigenvalue weighted by Gasteiger charge is 2.18. The van der Waals surface area contributed by atoms with Crippen LogP contribution in [-0.2, 0) is 5.41 Å². The number of benzene rings is 1. The van der Waals surface area contributed by atoms with Crippen molar-refractivity contribution in [3.8, 4) is 0 Å². The Labute approximate surface area is 181 Å². The van der Waals surface area contributed by atoms with E-state index in [4.69, 9.17) is 17.3 Å². The summed E-state index contributed by atoms with van der Waals surface area (Å²) in [5.74, 6) is 0.354. The second-order valence-electron chi connectivity index (χ2n) is 8.05. The van der Waals surface area contributed by atoms with Gasteiger partial charge < -0.3 is 16.4 Å². The zero-order valence-corrected chi connectivity index (χ0v) is 18.2. The van der Waals surface area contributed by atoms with Gasteiger partial charge in [-0.3, -0.25) is 4.79 Å². The van der Waals surface area contributed by atoms with Crippen molar-refractivity contribution in [1.82, 2.24) is 20.3 Å². The maximum atomic E-state index is 12.4. The summed E-state index contributed by atoms with van der Waals surface area (Å²) in [6.45, 7) is 8.40. The van der Waals surface area contributed by atoms with Crippen LogP contribution in [0.2, 0.25) is 5.02 Å². The van der Waals surface area contributed by atoms with Crippen LogP contribution in [0.1, 0.15) is 55.4 Å². The Hall–Kier alpha value is -3.19. The molecule has 2 aromatic heterocycles. The lowest BCUT2D eigenvalue weighted by molar-refractivity contribution is 0.0935. The highest BCUT2D eigenvalue weighted by atomic mass is 35.5. The van der Waals surface area contributed by atoms with Crippen LogP contribution in [0.15, 0.2) is 48.9 Å². The highest BCUT2D eigenvalue weighted by molar-refractivity contribution is 6.35. The van der Waals surface area contributed by atoms with Gasteiger partial charge in [-0.15, -0.1) is 0 Å². The molecule has 30 heavy (non-hydrogen) atoms. The number of carbonyl (C=O) groups is 1. The first kappa shape index (κ1) is 21.5. The van der Waals surface area contributed by atoms with Gasteiger partial charge in [0.25, 0.3) is 5.91 Å². The van der Waals surface area contributed by atoms with E-state index in [-0.39, 0.29) is 28.0 Å². The fraction of sp³-hybridized carbons (Fsp3) is 0.273. The van der Waals surface area contributed by atoms with Crippen molar-refractivity contribution in [3.05, 3.63) is 70.8 Å². The first-order chi connectivity index (χ1) is 14.1. The number of amides is 1. The van der Waals surface area contributed by atoms with Gasteiger partial charge in [-0.1, -0.05) is 50.6 Å². The Morgan fingerprint density at radius 1 is 1.07 bits per heavy atom. The van der Waals surface area contributed by atoms with Crippen LogP contribution in [0.3, 0.4) is 0 Å². The van der Waals surface area contributed by atoms with Crippen LogP contribution in [0.5, 0.6) is 0 Å². The van der Waals surface area contributed by atoms with E-state index in [9.17, 15) is 4.79 Å². The summed E-state index contributed by atoms with van der Waals surface area (Å²) in [5.41, 5.74) is 8.86. The predicted octanol–water partition coefficient (Wildman–Crippen LogP) is 4.64. The van der Waals surface area contributed by atoms with E-state index in [1.807, 2.05) is 31.2 Å². The lowest BCUT2D eigenvalue weighted by Crippen LogP contribution is -2.28. The average molecular weight is 425 g/mol. The Morgan fingerprint density at radius 3 is 2.37 bits per heavy atom. The Bertz CT molecular complexity index is 1030. The summed E-state index contributed by atoms with van der Waals surface area (Å²) in [6.07, 6.45) is 2.92. The summed E-state index contributed by atoms with van der Waals surface area (Å²) >= 11 is 6.02. The minimum Gasteiger partial charge on any atom is -0.382 e. The number of nitrogens with one attached hydrogen (secondary N) is 2. The van der Waals surface area contributed by atoms with Crippen LogP contribution < -0.4 is 16.4 Å². The van der Waals surface area contributed by atoms with E-state index < -0.39 is 5.91 Å². The van der Waals surface area contributed by atoms with Crippen LogP contribution >= 0.6 is 11.6 Å². The number of pyridine rings is 1. The summed E-state index contributed by atoms with van der Waals surface area (Å²) in [5, 5.41) is 6.16. The van der Waals surface area contributed by atoms with Crippen molar-refractivity contribution in [2.24, 2.45) is 0 Å². The van der Waals surface area contributed by atoms with Crippen molar-refractivity contribution >= 4 is 34.8 Å². The highest BCUT2D eigenvalue weighted by Crippen LogP contribution is 2.25. The minimum absolute atomic E-state index is 0.0392. The zero-order valence-electron chi connectivity index (χ0n) is 17.4. The summed E-state index contributed by atoms with van der Waals surface area (Å²) in [7, 11) is 0. The molecule has 3 rings (SSSR count). The number of hydrogen-bond donors (Lipinski definition) is 3. The number of nitrogens with two attached hydrogens (primary N) is 1. The largest absolute Gasteiger partial charge is 0.382 e. The fourth-order valence-corrected chi connectivity index (χ4v) is 3.01. The van der Waals surface area contributed by atoms with Crippen LogP contribution in [-0.4, -0.2) is 20.9 Å². The van der Waals surface area contributed by atoms with Crippen molar-refractivity contribution in [3.63, 3.8) is 0 Å². The second-order valence-corrected chi connectivity index (χ2v) is 8.42. The Morgan fingerprint density at radius 2 is 1.77 bits per heavy atom. The molecule has 0 saturated carbocycles. The summed E-state index contributed by atoms with van der Waals surface area (Å²) < 4.78 is 0. The normalized spacial score (nSPS) is 12.3. The van der Waals surface area contributed by atoms with Gasteiger partial charge >= 0.3 is 0 Å². The zero-order chi connectivity index (χ0) is 21.9. The maximum absolute atomic E-state index is 12.4. The molecule has 0 saturated heterocycles. The molecule has 1 aromatic carbocycles. The minimum atomic E-state index is -0.428. The van der Waals surface area contributed by atoms with Gasteiger partial charge in [-0.05, 0) is 41.7 Å². The summed E-state index contributed by atoms with van der Waals surface area (Å²) in [6, 6.07) is 11.8. The number of aromatic nitrogens is 3. The average Bonchev–Trinajstić information content (AvgIpc) is 2.70. The van der Waals surface area contributed by atoms with Gasteiger partial charge in [0.05, 0.1) is 6.04 Å². The van der Waals surface area contributed by atoms with Crippen molar-refractivity contribution in [2.75, 3.05) is 11.1 Å². The molecule has 0 aliphatic rings. The van der Waals surface area contributed by atoms with Crippen LogP contribution in [0, 0.1) is 0 Å². The molecular weight excluding hydrogens is 400 g/mol. The van der Waals surface area contributed by atoms with E-state index >= 15 is 0 Å². The Kier molecular flexibility index (Phi) is 6.22. The molecule has 1 atom stereocenters. The molecule has 1 amide bonds. The SMILES string of the molecule is CC(NC(=O)c1ncnc(N)c1Cl)c1ccc(Nc2ccc(C(C)(C)C)cc2)nc1. The molecule has 1 unspecified atom stereocenters. The number of anilines is 3. The topological polar surface area (TPSA) is 106 Å². The van der Waals surface area contributed by atoms with Gasteiger partial charge in [-0.2, -0.15) is 0 Å². The lowest BCUT2D eigenvalue weighted by atomic mass is 9.87. The smallest absolute Gasteiger partial charge is 0.272 e. The van der Waals surface area contributed by atoms with E-state index in [0.717, 1.165) is 11.3 Å². The van der Waals surface area contributed by atoms with Gasteiger partial charge in [-0.25, -0.2) is 15.0 Å². The van der Waals surface area contributed by atoms with E-state index in [0.29, 0.717) is 5.82 Å². The van der Waals surface area contributed by atoms with Crippen molar-refractivity contribution in [2.45, 2.75) is 39.2 Å². The van der Waals surface area contributed by atoms with Crippen molar-refractivity contribution in [1.29, 1.82) is 0 Å². The molecule has 0 aliphatic carbocycles. The molecule has 0 fully saturated rings. The first-order valence-electron chi connectivity index (χ1n) is 9.55. The van der Waals surface area contributed by atoms with Crippen LogP contribution in [0.25, 0.3) is 0 Å². The van der Waals surface area contributed by atoms with Gasteiger partial charge in [0, 0.05) is 11.9 Å². The molecule has 7 nitrogen and oxygen atoms in total. The van der Waals surface area contributed by atoms with E-state index in [2.05, 4.69) is 58.5 Å². The van der Waals surface area contributed by atoms with E-state index in [1.165, 1.54) is 11.9 Å². The lowest BCUT2D eigenvalue weighted by Gasteiger charge is -2.19. The molecule has 8 heteroatoms. The molecule has 0 bridgehead atoms.